The minimum absolute atomic E-state index is 0. The molecule has 0 aliphatic carbocycles. The molecule has 1 heterocycles. The minimum atomic E-state index is -2.84. The zero-order valence-corrected chi connectivity index (χ0v) is 19.9. The molecule has 0 spiro atoms. The molecule has 1 aliphatic rings. The van der Waals surface area contributed by atoms with E-state index in [0.29, 0.717) is 18.1 Å². The van der Waals surface area contributed by atoms with Crippen LogP contribution in [0.2, 0.25) is 0 Å². The fourth-order valence-corrected chi connectivity index (χ4v) is 3.43. The van der Waals surface area contributed by atoms with Crippen LogP contribution in [-0.4, -0.2) is 62.9 Å². The molecule has 6 nitrogen and oxygen atoms in total. The molecule has 1 aromatic rings. The molecule has 2 N–H and O–H groups in total. The molecule has 1 aliphatic heterocycles. The molecule has 2 rings (SSSR count). The number of ether oxygens (including phenoxy) is 2. The Bertz CT molecular complexity index is 639. The van der Waals surface area contributed by atoms with Crippen LogP contribution in [0.4, 0.5) is 8.78 Å². The number of aryl methyl sites for hydroxylation is 1. The van der Waals surface area contributed by atoms with Gasteiger partial charge in [-0.1, -0.05) is 17.7 Å². The van der Waals surface area contributed by atoms with Gasteiger partial charge >= 0.3 is 6.61 Å². The summed E-state index contributed by atoms with van der Waals surface area (Å²) in [5, 5.41) is 6.43. The molecule has 166 valence electrons. The van der Waals surface area contributed by atoms with Gasteiger partial charge in [0, 0.05) is 45.3 Å². The van der Waals surface area contributed by atoms with Crippen LogP contribution in [0.5, 0.6) is 5.75 Å². The van der Waals surface area contributed by atoms with Crippen molar-refractivity contribution in [1.82, 2.24) is 15.5 Å². The first-order valence-corrected chi connectivity index (χ1v) is 9.74. The zero-order valence-electron chi connectivity index (χ0n) is 17.6. The van der Waals surface area contributed by atoms with E-state index in [4.69, 9.17) is 4.74 Å². The number of guanidine groups is 1. The minimum Gasteiger partial charge on any atom is -0.434 e. The second-order valence-corrected chi connectivity index (χ2v) is 7.21. The molecule has 29 heavy (non-hydrogen) atoms. The van der Waals surface area contributed by atoms with Crippen LogP contribution in [0.25, 0.3) is 0 Å². The molecule has 2 atom stereocenters. The first-order chi connectivity index (χ1) is 13.4. The SMILES string of the molecule is CN=C(NCCCN1CC(C)OC(C)C1)NCc1cc(C)ccc1OC(F)F.I. The monoisotopic (exact) mass is 526 g/mol. The molecule has 0 aromatic heterocycles. The molecule has 1 fully saturated rings. The predicted octanol–water partition coefficient (Wildman–Crippen LogP) is 3.38. The van der Waals surface area contributed by atoms with Gasteiger partial charge in [-0.15, -0.1) is 24.0 Å². The average molecular weight is 526 g/mol. The summed E-state index contributed by atoms with van der Waals surface area (Å²) in [6, 6.07) is 5.15. The number of alkyl halides is 2. The summed E-state index contributed by atoms with van der Waals surface area (Å²) in [5.74, 6) is 0.812. The number of hydrogen-bond acceptors (Lipinski definition) is 4. The normalized spacial score (nSPS) is 20.3. The van der Waals surface area contributed by atoms with Crippen molar-refractivity contribution in [3.05, 3.63) is 29.3 Å². The lowest BCUT2D eigenvalue weighted by Crippen LogP contribution is -2.46. The molecule has 1 saturated heterocycles. The maximum Gasteiger partial charge on any atom is 0.387 e. The summed E-state index contributed by atoms with van der Waals surface area (Å²) in [5.41, 5.74) is 1.65. The van der Waals surface area contributed by atoms with E-state index in [9.17, 15) is 8.78 Å². The van der Waals surface area contributed by atoms with E-state index in [1.165, 1.54) is 0 Å². The lowest BCUT2D eigenvalue weighted by atomic mass is 10.1. The van der Waals surface area contributed by atoms with Gasteiger partial charge in [-0.3, -0.25) is 9.89 Å². The second kappa shape index (κ2) is 13.2. The number of aliphatic imine (C=N–C) groups is 1. The quantitative estimate of drug-likeness (QED) is 0.236. The van der Waals surface area contributed by atoms with Crippen molar-refractivity contribution < 1.29 is 18.3 Å². The highest BCUT2D eigenvalue weighted by molar-refractivity contribution is 14.0. The number of benzene rings is 1. The van der Waals surface area contributed by atoms with Crippen LogP contribution >= 0.6 is 24.0 Å². The summed E-state index contributed by atoms with van der Waals surface area (Å²) < 4.78 is 35.5. The third-order valence-corrected chi connectivity index (χ3v) is 4.54. The predicted molar refractivity (Wildman–Crippen MR) is 122 cm³/mol. The van der Waals surface area contributed by atoms with Gasteiger partial charge in [-0.2, -0.15) is 8.78 Å². The van der Waals surface area contributed by atoms with Crippen molar-refractivity contribution in [2.24, 2.45) is 4.99 Å². The molecular formula is C20H33F2IN4O2. The van der Waals surface area contributed by atoms with E-state index < -0.39 is 6.61 Å². The van der Waals surface area contributed by atoms with Gasteiger partial charge in [0.15, 0.2) is 5.96 Å². The first kappa shape index (κ1) is 25.8. The Balaban J connectivity index is 0.00000420. The van der Waals surface area contributed by atoms with Crippen molar-refractivity contribution in [3.63, 3.8) is 0 Å². The maximum absolute atomic E-state index is 12.6. The third kappa shape index (κ3) is 9.43. The Morgan fingerprint density at radius 2 is 1.97 bits per heavy atom. The van der Waals surface area contributed by atoms with Crippen LogP contribution in [0, 0.1) is 6.92 Å². The molecule has 1 aromatic carbocycles. The van der Waals surface area contributed by atoms with Crippen molar-refractivity contribution in [2.75, 3.05) is 33.2 Å². The third-order valence-electron chi connectivity index (χ3n) is 4.54. The first-order valence-electron chi connectivity index (χ1n) is 9.74. The summed E-state index contributed by atoms with van der Waals surface area (Å²) in [4.78, 5) is 6.61. The Morgan fingerprint density at radius 3 is 2.59 bits per heavy atom. The summed E-state index contributed by atoms with van der Waals surface area (Å²) in [6.07, 6.45) is 1.51. The molecule has 0 radical (unpaired) electrons. The number of nitrogens with zero attached hydrogens (tertiary/aromatic N) is 2. The average Bonchev–Trinajstić information content (AvgIpc) is 2.62. The van der Waals surface area contributed by atoms with Crippen LogP contribution in [-0.2, 0) is 11.3 Å². The number of morpholine rings is 1. The topological polar surface area (TPSA) is 58.1 Å². The number of nitrogens with one attached hydrogen (secondary N) is 2. The Kier molecular flexibility index (Phi) is 11.7. The lowest BCUT2D eigenvalue weighted by Gasteiger charge is -2.35. The zero-order chi connectivity index (χ0) is 20.5. The Labute approximate surface area is 189 Å². The van der Waals surface area contributed by atoms with E-state index in [1.54, 1.807) is 19.2 Å². The van der Waals surface area contributed by atoms with Crippen molar-refractivity contribution in [2.45, 2.75) is 52.6 Å². The van der Waals surface area contributed by atoms with Crippen LogP contribution in [0.3, 0.4) is 0 Å². The fraction of sp³-hybridized carbons (Fsp3) is 0.650. The smallest absolute Gasteiger partial charge is 0.387 e. The van der Waals surface area contributed by atoms with Crippen LogP contribution in [0.1, 0.15) is 31.4 Å². The lowest BCUT2D eigenvalue weighted by molar-refractivity contribution is -0.0679. The molecule has 0 amide bonds. The van der Waals surface area contributed by atoms with E-state index in [0.717, 1.165) is 38.2 Å². The van der Waals surface area contributed by atoms with E-state index in [2.05, 4.69) is 39.1 Å². The summed E-state index contributed by atoms with van der Waals surface area (Å²) >= 11 is 0. The standard InChI is InChI=1S/C20H32F2N4O2.HI/c1-14-6-7-18(28-19(21)22)17(10-14)11-25-20(23-4)24-8-5-9-26-12-15(2)27-16(3)13-26;/h6-7,10,15-16,19H,5,8-9,11-13H2,1-4H3,(H2,23,24,25);1H. The van der Waals surface area contributed by atoms with E-state index in [-0.39, 0.29) is 41.9 Å². The highest BCUT2D eigenvalue weighted by Gasteiger charge is 2.21. The van der Waals surface area contributed by atoms with Gasteiger partial charge in [0.25, 0.3) is 0 Å². The number of halogens is 3. The molecule has 0 bridgehead atoms. The molecule has 9 heteroatoms. The molecule has 2 unspecified atom stereocenters. The van der Waals surface area contributed by atoms with Crippen LogP contribution in [0.15, 0.2) is 23.2 Å². The van der Waals surface area contributed by atoms with Gasteiger partial charge in [-0.05, 0) is 33.3 Å². The van der Waals surface area contributed by atoms with Crippen molar-refractivity contribution in [3.8, 4) is 5.75 Å². The fourth-order valence-electron chi connectivity index (χ4n) is 3.43. The van der Waals surface area contributed by atoms with Gasteiger partial charge in [0.05, 0.1) is 12.2 Å². The van der Waals surface area contributed by atoms with Gasteiger partial charge in [0.2, 0.25) is 0 Å². The maximum atomic E-state index is 12.6. The van der Waals surface area contributed by atoms with Gasteiger partial charge in [-0.25, -0.2) is 0 Å². The number of hydrogen-bond donors (Lipinski definition) is 2. The van der Waals surface area contributed by atoms with Crippen molar-refractivity contribution in [1.29, 1.82) is 0 Å². The second-order valence-electron chi connectivity index (χ2n) is 7.21. The van der Waals surface area contributed by atoms with Crippen molar-refractivity contribution >= 4 is 29.9 Å². The Morgan fingerprint density at radius 1 is 1.28 bits per heavy atom. The molecule has 0 saturated carbocycles. The van der Waals surface area contributed by atoms with Gasteiger partial charge in [0.1, 0.15) is 5.75 Å². The van der Waals surface area contributed by atoms with Gasteiger partial charge < -0.3 is 20.1 Å². The van der Waals surface area contributed by atoms with Crippen LogP contribution < -0.4 is 15.4 Å². The summed E-state index contributed by atoms with van der Waals surface area (Å²) in [7, 11) is 1.69. The Hall–Kier alpha value is -1.20. The highest BCUT2D eigenvalue weighted by Crippen LogP contribution is 2.22. The number of rotatable bonds is 8. The van der Waals surface area contributed by atoms with E-state index in [1.807, 2.05) is 13.0 Å². The largest absolute Gasteiger partial charge is 0.434 e. The molecular weight excluding hydrogens is 493 g/mol. The summed E-state index contributed by atoms with van der Waals surface area (Å²) in [6.45, 7) is 7.30. The van der Waals surface area contributed by atoms with E-state index >= 15 is 0 Å². The highest BCUT2D eigenvalue weighted by atomic mass is 127.